The van der Waals surface area contributed by atoms with Crippen LogP contribution in [0.1, 0.15) is 19.4 Å². The molecule has 2 aliphatic heterocycles. The predicted octanol–water partition coefficient (Wildman–Crippen LogP) is 1.46. The summed E-state index contributed by atoms with van der Waals surface area (Å²) in [4.78, 5) is 0. The van der Waals surface area contributed by atoms with E-state index < -0.39 is 24.3 Å². The van der Waals surface area contributed by atoms with E-state index in [1.165, 1.54) is 0 Å². The first-order valence-corrected chi connectivity index (χ1v) is 7.84. The lowest BCUT2D eigenvalue weighted by Gasteiger charge is -2.40. The third kappa shape index (κ3) is 3.57. The Morgan fingerprint density at radius 3 is 2.48 bits per heavy atom. The molecule has 0 radical (unpaired) electrons. The van der Waals surface area contributed by atoms with Crippen molar-refractivity contribution in [2.24, 2.45) is 0 Å². The highest BCUT2D eigenvalue weighted by molar-refractivity contribution is 5.13. The van der Waals surface area contributed by atoms with E-state index in [-0.39, 0.29) is 18.8 Å². The molecule has 0 aromatic heterocycles. The molecule has 0 saturated carbocycles. The fourth-order valence-corrected chi connectivity index (χ4v) is 3.12. The van der Waals surface area contributed by atoms with Crippen LogP contribution in [0.15, 0.2) is 30.3 Å². The van der Waals surface area contributed by atoms with Crippen molar-refractivity contribution < 1.29 is 28.8 Å². The standard InChI is InChI=1S/C17H24O6/c1-17(2)22-13-12(9-18)21-16(19-3)15(14(13)23-17)20-10-11-7-5-4-6-8-11/h4-8,12-16,18H,9-10H2,1-3H3/t12-,13+,14+,15-,16-/m1/s1. The smallest absolute Gasteiger partial charge is 0.186 e. The zero-order valence-corrected chi connectivity index (χ0v) is 13.7. The monoisotopic (exact) mass is 324 g/mol. The Bertz CT molecular complexity index is 505. The molecule has 2 aliphatic rings. The number of methoxy groups -OCH3 is 1. The molecule has 0 aliphatic carbocycles. The largest absolute Gasteiger partial charge is 0.394 e. The molecule has 6 nitrogen and oxygen atoms in total. The molecule has 2 saturated heterocycles. The van der Waals surface area contributed by atoms with Gasteiger partial charge in [-0.3, -0.25) is 0 Å². The Morgan fingerprint density at radius 1 is 1.13 bits per heavy atom. The van der Waals surface area contributed by atoms with Crippen LogP contribution in [-0.2, 0) is 30.3 Å². The van der Waals surface area contributed by atoms with Gasteiger partial charge in [0.05, 0.1) is 13.2 Å². The SMILES string of the molecule is CO[C@@H]1O[C@H](CO)[C@@H]2OC(C)(C)O[C@@H]2[C@H]1OCc1ccccc1. The van der Waals surface area contributed by atoms with Crippen LogP contribution in [0.4, 0.5) is 0 Å². The van der Waals surface area contributed by atoms with Gasteiger partial charge in [-0.05, 0) is 19.4 Å². The van der Waals surface area contributed by atoms with E-state index in [0.717, 1.165) is 5.56 Å². The fourth-order valence-electron chi connectivity index (χ4n) is 3.12. The van der Waals surface area contributed by atoms with Gasteiger partial charge in [0.2, 0.25) is 0 Å². The van der Waals surface area contributed by atoms with Crippen molar-refractivity contribution in [3.05, 3.63) is 35.9 Å². The second-order valence-electron chi connectivity index (χ2n) is 6.29. The topological polar surface area (TPSA) is 66.4 Å². The Morgan fingerprint density at radius 2 is 1.83 bits per heavy atom. The Labute approximate surface area is 136 Å². The number of aliphatic hydroxyl groups is 1. The quantitative estimate of drug-likeness (QED) is 0.884. The van der Waals surface area contributed by atoms with E-state index in [2.05, 4.69) is 0 Å². The zero-order chi connectivity index (χ0) is 16.4. The van der Waals surface area contributed by atoms with Gasteiger partial charge in [-0.25, -0.2) is 0 Å². The molecular weight excluding hydrogens is 300 g/mol. The maximum Gasteiger partial charge on any atom is 0.186 e. The summed E-state index contributed by atoms with van der Waals surface area (Å²) in [6.07, 6.45) is -2.29. The average molecular weight is 324 g/mol. The summed E-state index contributed by atoms with van der Waals surface area (Å²) in [5.74, 6) is -0.747. The van der Waals surface area contributed by atoms with E-state index in [9.17, 15) is 5.11 Å². The summed E-state index contributed by atoms with van der Waals surface area (Å²) < 4.78 is 29.1. The van der Waals surface area contributed by atoms with Crippen LogP contribution in [0.5, 0.6) is 0 Å². The lowest BCUT2D eigenvalue weighted by molar-refractivity contribution is -0.286. The van der Waals surface area contributed by atoms with Gasteiger partial charge < -0.3 is 28.8 Å². The minimum atomic E-state index is -0.747. The van der Waals surface area contributed by atoms with Crippen LogP contribution in [0.25, 0.3) is 0 Å². The first-order valence-electron chi connectivity index (χ1n) is 7.84. The molecule has 0 spiro atoms. The van der Waals surface area contributed by atoms with Gasteiger partial charge in [-0.1, -0.05) is 30.3 Å². The van der Waals surface area contributed by atoms with Crippen LogP contribution >= 0.6 is 0 Å². The van der Waals surface area contributed by atoms with Crippen molar-refractivity contribution in [1.82, 2.24) is 0 Å². The number of aliphatic hydroxyl groups excluding tert-OH is 1. The van der Waals surface area contributed by atoms with Crippen molar-refractivity contribution >= 4 is 0 Å². The molecule has 1 aromatic carbocycles. The molecule has 5 atom stereocenters. The van der Waals surface area contributed by atoms with Crippen molar-refractivity contribution in [2.45, 2.75) is 56.9 Å². The fraction of sp³-hybridized carbons (Fsp3) is 0.647. The third-order valence-corrected chi connectivity index (χ3v) is 4.13. The maximum absolute atomic E-state index is 9.56. The average Bonchev–Trinajstić information content (AvgIpc) is 2.88. The van der Waals surface area contributed by atoms with Crippen molar-refractivity contribution in [2.75, 3.05) is 13.7 Å². The van der Waals surface area contributed by atoms with Gasteiger partial charge in [0.1, 0.15) is 24.4 Å². The molecule has 128 valence electrons. The van der Waals surface area contributed by atoms with Crippen LogP contribution < -0.4 is 0 Å². The Kier molecular flexibility index (Phi) is 5.01. The Hall–Kier alpha value is -1.02. The molecule has 0 unspecified atom stereocenters. The number of hydrogen-bond donors (Lipinski definition) is 1. The normalized spacial score (nSPS) is 35.9. The van der Waals surface area contributed by atoms with Gasteiger partial charge in [0.25, 0.3) is 0 Å². The van der Waals surface area contributed by atoms with Gasteiger partial charge in [-0.2, -0.15) is 0 Å². The summed E-state index contributed by atoms with van der Waals surface area (Å²) in [6.45, 7) is 3.95. The third-order valence-electron chi connectivity index (χ3n) is 4.13. The summed E-state index contributed by atoms with van der Waals surface area (Å²) in [5.41, 5.74) is 1.06. The minimum absolute atomic E-state index is 0.161. The summed E-state index contributed by atoms with van der Waals surface area (Å²) in [6, 6.07) is 9.88. The number of benzene rings is 1. The highest BCUT2D eigenvalue weighted by Crippen LogP contribution is 2.38. The van der Waals surface area contributed by atoms with Crippen LogP contribution in [0.2, 0.25) is 0 Å². The lowest BCUT2D eigenvalue weighted by atomic mass is 9.99. The summed E-state index contributed by atoms with van der Waals surface area (Å²) >= 11 is 0. The van der Waals surface area contributed by atoms with E-state index in [1.807, 2.05) is 44.2 Å². The number of rotatable bonds is 5. The van der Waals surface area contributed by atoms with E-state index >= 15 is 0 Å². The van der Waals surface area contributed by atoms with Crippen molar-refractivity contribution in [1.29, 1.82) is 0 Å². The van der Waals surface area contributed by atoms with Gasteiger partial charge in [0, 0.05) is 7.11 Å². The molecular formula is C17H24O6. The van der Waals surface area contributed by atoms with Gasteiger partial charge in [0.15, 0.2) is 12.1 Å². The molecule has 1 N–H and O–H groups in total. The molecule has 0 amide bonds. The number of hydrogen-bond acceptors (Lipinski definition) is 6. The van der Waals surface area contributed by atoms with E-state index in [1.54, 1.807) is 7.11 Å². The first kappa shape index (κ1) is 16.8. The van der Waals surface area contributed by atoms with E-state index in [4.69, 9.17) is 23.7 Å². The first-order chi connectivity index (χ1) is 11.0. The lowest BCUT2D eigenvalue weighted by Crippen LogP contribution is -2.58. The molecule has 2 fully saturated rings. The van der Waals surface area contributed by atoms with Crippen molar-refractivity contribution in [3.63, 3.8) is 0 Å². The maximum atomic E-state index is 9.56. The minimum Gasteiger partial charge on any atom is -0.394 e. The summed E-state index contributed by atoms with van der Waals surface area (Å²) in [5, 5.41) is 9.56. The zero-order valence-electron chi connectivity index (χ0n) is 13.7. The van der Waals surface area contributed by atoms with E-state index in [0.29, 0.717) is 6.61 Å². The number of ether oxygens (including phenoxy) is 5. The Balaban J connectivity index is 1.76. The highest BCUT2D eigenvalue weighted by Gasteiger charge is 2.55. The highest BCUT2D eigenvalue weighted by atomic mass is 16.8. The second-order valence-corrected chi connectivity index (χ2v) is 6.29. The van der Waals surface area contributed by atoms with Gasteiger partial charge in [-0.15, -0.1) is 0 Å². The number of fused-ring (bicyclic) bond motifs is 1. The van der Waals surface area contributed by atoms with Crippen LogP contribution in [0, 0.1) is 0 Å². The molecule has 1 aromatic rings. The van der Waals surface area contributed by atoms with Crippen LogP contribution in [-0.4, -0.2) is 55.3 Å². The second kappa shape index (κ2) is 6.84. The molecule has 23 heavy (non-hydrogen) atoms. The van der Waals surface area contributed by atoms with Crippen molar-refractivity contribution in [3.8, 4) is 0 Å². The van der Waals surface area contributed by atoms with Crippen LogP contribution in [0.3, 0.4) is 0 Å². The molecule has 6 heteroatoms. The molecule has 2 heterocycles. The van der Waals surface area contributed by atoms with Gasteiger partial charge >= 0.3 is 0 Å². The molecule has 3 rings (SSSR count). The molecule has 0 bridgehead atoms. The summed E-state index contributed by atoms with van der Waals surface area (Å²) in [7, 11) is 1.55. The predicted molar refractivity (Wildman–Crippen MR) is 81.6 cm³/mol.